The van der Waals surface area contributed by atoms with E-state index in [2.05, 4.69) is 10.1 Å². The van der Waals surface area contributed by atoms with Crippen molar-refractivity contribution in [2.75, 3.05) is 0 Å². The van der Waals surface area contributed by atoms with Crippen molar-refractivity contribution in [3.05, 3.63) is 53.9 Å². The van der Waals surface area contributed by atoms with E-state index in [4.69, 9.17) is 5.73 Å². The summed E-state index contributed by atoms with van der Waals surface area (Å²) >= 11 is 0. The van der Waals surface area contributed by atoms with E-state index in [1.165, 1.54) is 22.8 Å². The molecule has 1 aromatic carbocycles. The molecule has 2 heterocycles. The van der Waals surface area contributed by atoms with E-state index in [0.717, 1.165) is 6.07 Å². The molecular weight excluding hydrogens is 293 g/mol. The minimum Gasteiger partial charge on any atom is -0.324 e. The third kappa shape index (κ3) is 2.43. The second kappa shape index (κ2) is 5.10. The summed E-state index contributed by atoms with van der Waals surface area (Å²) in [6.45, 7) is 1.70. The van der Waals surface area contributed by atoms with E-state index >= 15 is 0 Å². The smallest absolute Gasteiger partial charge is 0.324 e. The van der Waals surface area contributed by atoms with Gasteiger partial charge in [0.1, 0.15) is 0 Å². The maximum Gasteiger partial charge on any atom is 0.417 e. The Labute approximate surface area is 124 Å². The number of rotatable bonds is 2. The van der Waals surface area contributed by atoms with Crippen molar-refractivity contribution in [2.24, 2.45) is 5.73 Å². The number of hydrogen-bond acceptors (Lipinski definition) is 3. The van der Waals surface area contributed by atoms with Gasteiger partial charge in [0, 0.05) is 29.6 Å². The number of halogens is 3. The normalized spacial score (nSPS) is 13.5. The van der Waals surface area contributed by atoms with Gasteiger partial charge in [-0.2, -0.15) is 18.3 Å². The number of nitrogens with two attached hydrogens (primary N) is 1. The van der Waals surface area contributed by atoms with Crippen LogP contribution in [0.25, 0.3) is 16.9 Å². The average Bonchev–Trinajstić information content (AvgIpc) is 2.92. The molecule has 0 aliphatic carbocycles. The number of aromatic nitrogens is 3. The zero-order valence-electron chi connectivity index (χ0n) is 11.7. The standard InChI is InChI=1S/C15H13F3N4/c1-9(19)11-8-13-20-6-7-22(13)21-14(11)10-4-2-3-5-12(10)15(16,17)18/h2-9H,19H2,1H3/t9-/m0/s1. The van der Waals surface area contributed by atoms with E-state index in [0.29, 0.717) is 11.2 Å². The van der Waals surface area contributed by atoms with Crippen LogP contribution in [0.15, 0.2) is 42.7 Å². The van der Waals surface area contributed by atoms with Gasteiger partial charge in [0.15, 0.2) is 5.65 Å². The van der Waals surface area contributed by atoms with E-state index < -0.39 is 17.8 Å². The Morgan fingerprint density at radius 2 is 1.95 bits per heavy atom. The highest BCUT2D eigenvalue weighted by molar-refractivity contribution is 5.69. The molecule has 2 N–H and O–H groups in total. The molecule has 4 nitrogen and oxygen atoms in total. The summed E-state index contributed by atoms with van der Waals surface area (Å²) in [7, 11) is 0. The van der Waals surface area contributed by atoms with Crippen molar-refractivity contribution >= 4 is 5.65 Å². The van der Waals surface area contributed by atoms with Gasteiger partial charge >= 0.3 is 6.18 Å². The predicted molar refractivity (Wildman–Crippen MR) is 76.0 cm³/mol. The molecule has 0 spiro atoms. The fraction of sp³-hybridized carbons (Fsp3) is 0.200. The van der Waals surface area contributed by atoms with E-state index in [-0.39, 0.29) is 11.3 Å². The Morgan fingerprint density at radius 1 is 1.23 bits per heavy atom. The first-order chi connectivity index (χ1) is 10.4. The number of hydrogen-bond donors (Lipinski definition) is 1. The summed E-state index contributed by atoms with van der Waals surface area (Å²) in [6, 6.07) is 6.55. The topological polar surface area (TPSA) is 56.2 Å². The van der Waals surface area contributed by atoms with Gasteiger partial charge in [-0.25, -0.2) is 9.50 Å². The molecule has 114 valence electrons. The zero-order valence-corrected chi connectivity index (χ0v) is 11.7. The molecular formula is C15H13F3N4. The molecule has 3 aromatic rings. The fourth-order valence-corrected chi connectivity index (χ4v) is 2.36. The summed E-state index contributed by atoms with van der Waals surface area (Å²) in [5.41, 5.74) is 6.47. The van der Waals surface area contributed by atoms with Crippen molar-refractivity contribution in [2.45, 2.75) is 19.1 Å². The number of nitrogens with zero attached hydrogens (tertiary/aromatic N) is 3. The Balaban J connectivity index is 2.32. The second-order valence-corrected chi connectivity index (χ2v) is 5.01. The van der Waals surface area contributed by atoms with Crippen molar-refractivity contribution < 1.29 is 13.2 Å². The van der Waals surface area contributed by atoms with Crippen molar-refractivity contribution in [3.63, 3.8) is 0 Å². The van der Waals surface area contributed by atoms with Crippen molar-refractivity contribution in [1.82, 2.24) is 14.6 Å². The summed E-state index contributed by atoms with van der Waals surface area (Å²) in [6.07, 6.45) is -1.34. The lowest BCUT2D eigenvalue weighted by Gasteiger charge is -2.16. The first kappa shape index (κ1) is 14.5. The second-order valence-electron chi connectivity index (χ2n) is 5.01. The van der Waals surface area contributed by atoms with Gasteiger partial charge in [0.25, 0.3) is 0 Å². The zero-order chi connectivity index (χ0) is 15.9. The molecule has 7 heteroatoms. The quantitative estimate of drug-likeness (QED) is 0.789. The number of imidazole rings is 1. The number of fused-ring (bicyclic) bond motifs is 1. The van der Waals surface area contributed by atoms with Gasteiger partial charge in [-0.3, -0.25) is 0 Å². The molecule has 0 fully saturated rings. The van der Waals surface area contributed by atoms with Gasteiger partial charge in [-0.15, -0.1) is 0 Å². The lowest BCUT2D eigenvalue weighted by molar-refractivity contribution is -0.137. The Kier molecular flexibility index (Phi) is 3.37. The first-order valence-electron chi connectivity index (χ1n) is 6.64. The van der Waals surface area contributed by atoms with Crippen LogP contribution in [0.1, 0.15) is 24.1 Å². The Bertz CT molecular complexity index is 821. The van der Waals surface area contributed by atoms with E-state index in [1.54, 1.807) is 25.3 Å². The largest absolute Gasteiger partial charge is 0.417 e. The first-order valence-corrected chi connectivity index (χ1v) is 6.64. The van der Waals surface area contributed by atoms with E-state index in [9.17, 15) is 13.2 Å². The molecule has 22 heavy (non-hydrogen) atoms. The van der Waals surface area contributed by atoms with Gasteiger partial charge in [-0.1, -0.05) is 18.2 Å². The van der Waals surface area contributed by atoms with Crippen LogP contribution in [0.4, 0.5) is 13.2 Å². The highest BCUT2D eigenvalue weighted by atomic mass is 19.4. The van der Waals surface area contributed by atoms with Crippen molar-refractivity contribution in [1.29, 1.82) is 0 Å². The minimum absolute atomic E-state index is 0.0119. The summed E-state index contributed by atoms with van der Waals surface area (Å²) in [5, 5.41) is 4.28. The molecule has 0 bridgehead atoms. The molecule has 1 atom stereocenters. The average molecular weight is 306 g/mol. The van der Waals surface area contributed by atoms with Crippen LogP contribution in [-0.2, 0) is 6.18 Å². The molecule has 0 saturated carbocycles. The Hall–Kier alpha value is -2.41. The fourth-order valence-electron chi connectivity index (χ4n) is 2.36. The highest BCUT2D eigenvalue weighted by Crippen LogP contribution is 2.38. The van der Waals surface area contributed by atoms with Crippen LogP contribution in [0.3, 0.4) is 0 Å². The SMILES string of the molecule is C[C@H](N)c1cc2nccn2nc1-c1ccccc1C(F)(F)F. The Morgan fingerprint density at radius 3 is 2.64 bits per heavy atom. The van der Waals surface area contributed by atoms with Crippen LogP contribution < -0.4 is 5.73 Å². The molecule has 3 rings (SSSR count). The van der Waals surface area contributed by atoms with Crippen molar-refractivity contribution in [3.8, 4) is 11.3 Å². The lowest BCUT2D eigenvalue weighted by atomic mass is 9.97. The van der Waals surface area contributed by atoms with Crippen LogP contribution in [0.2, 0.25) is 0 Å². The minimum atomic E-state index is -4.46. The maximum atomic E-state index is 13.2. The molecule has 0 aliphatic heterocycles. The van der Waals surface area contributed by atoms with Crippen LogP contribution in [0, 0.1) is 0 Å². The van der Waals surface area contributed by atoms with Gasteiger partial charge in [-0.05, 0) is 19.1 Å². The molecule has 0 amide bonds. The third-order valence-corrected chi connectivity index (χ3v) is 3.39. The van der Waals surface area contributed by atoms with Gasteiger partial charge in [0.05, 0.1) is 11.3 Å². The van der Waals surface area contributed by atoms with Crippen LogP contribution in [0.5, 0.6) is 0 Å². The number of alkyl halides is 3. The molecule has 0 radical (unpaired) electrons. The maximum absolute atomic E-state index is 13.2. The molecule has 2 aromatic heterocycles. The number of benzene rings is 1. The summed E-state index contributed by atoms with van der Waals surface area (Å²) < 4.78 is 41.2. The van der Waals surface area contributed by atoms with Crippen LogP contribution in [-0.4, -0.2) is 14.6 Å². The lowest BCUT2D eigenvalue weighted by Crippen LogP contribution is -2.13. The van der Waals surface area contributed by atoms with E-state index in [1.807, 2.05) is 0 Å². The highest BCUT2D eigenvalue weighted by Gasteiger charge is 2.34. The summed E-state index contributed by atoms with van der Waals surface area (Å²) in [4.78, 5) is 4.09. The molecule has 0 unspecified atom stereocenters. The van der Waals surface area contributed by atoms with Crippen LogP contribution >= 0.6 is 0 Å². The van der Waals surface area contributed by atoms with Gasteiger partial charge in [0.2, 0.25) is 0 Å². The predicted octanol–water partition coefficient (Wildman–Crippen LogP) is 3.43. The van der Waals surface area contributed by atoms with Gasteiger partial charge < -0.3 is 5.73 Å². The summed E-state index contributed by atoms with van der Waals surface area (Å²) in [5.74, 6) is 0. The monoisotopic (exact) mass is 306 g/mol. The molecule has 0 saturated heterocycles. The molecule has 0 aliphatic rings. The third-order valence-electron chi connectivity index (χ3n) is 3.39.